The summed E-state index contributed by atoms with van der Waals surface area (Å²) in [6.45, 7) is 0. The lowest BCUT2D eigenvalue weighted by Crippen LogP contribution is -1.95. The van der Waals surface area contributed by atoms with Crippen molar-refractivity contribution >= 4 is 47.6 Å². The molecule has 0 bridgehead atoms. The lowest BCUT2D eigenvalue weighted by atomic mass is 10.3. The first-order valence-electron chi connectivity index (χ1n) is 7.05. The monoisotopic (exact) mass is 378 g/mol. The summed E-state index contributed by atoms with van der Waals surface area (Å²) in [6.07, 6.45) is 3.81. The molecule has 0 aliphatic rings. The Hall–Kier alpha value is -1.95. The van der Waals surface area contributed by atoms with Gasteiger partial charge in [0.25, 0.3) is 0 Å². The number of halogens is 2. The third-order valence-electron chi connectivity index (χ3n) is 3.42. The molecule has 0 fully saturated rings. The van der Waals surface area contributed by atoms with Crippen LogP contribution in [0.25, 0.3) is 16.7 Å². The van der Waals surface area contributed by atoms with Crippen LogP contribution in [0.4, 0.5) is 0 Å². The number of benzene rings is 2. The van der Waals surface area contributed by atoms with Gasteiger partial charge in [-0.05, 0) is 24.3 Å². The molecule has 24 heavy (non-hydrogen) atoms. The minimum Gasteiger partial charge on any atom is -0.341 e. The number of thioether (sulfide) groups is 1. The van der Waals surface area contributed by atoms with Gasteiger partial charge in [0.15, 0.2) is 5.16 Å². The maximum atomic E-state index is 4.60. The molecule has 0 atom stereocenters. The molecule has 0 saturated heterocycles. The lowest BCUT2D eigenvalue weighted by molar-refractivity contribution is 0.893. The van der Waals surface area contributed by atoms with Crippen molar-refractivity contribution in [2.24, 2.45) is 0 Å². The van der Waals surface area contributed by atoms with Gasteiger partial charge in [0.1, 0.15) is 5.82 Å². The molecule has 2 heterocycles. The summed E-state index contributed by atoms with van der Waals surface area (Å²) in [5, 5.41) is 0.964. The quantitative estimate of drug-likeness (QED) is 0.514. The molecule has 0 saturated carbocycles. The highest BCUT2D eigenvalue weighted by molar-refractivity contribution is 7.98. The van der Waals surface area contributed by atoms with Crippen molar-refractivity contribution in [2.45, 2.75) is 10.9 Å². The molecular weight excluding hydrogens is 363 g/mol. The van der Waals surface area contributed by atoms with Gasteiger partial charge in [0, 0.05) is 18.1 Å². The van der Waals surface area contributed by atoms with E-state index in [2.05, 4.69) is 31.7 Å². The van der Waals surface area contributed by atoms with E-state index in [4.69, 9.17) is 0 Å². The van der Waals surface area contributed by atoms with E-state index in [0.29, 0.717) is 0 Å². The first-order chi connectivity index (χ1) is 10.9. The van der Waals surface area contributed by atoms with Crippen LogP contribution >= 0.6 is 36.6 Å². The molecule has 4 aromatic rings. The van der Waals surface area contributed by atoms with Gasteiger partial charge >= 0.3 is 0 Å². The van der Waals surface area contributed by atoms with Gasteiger partial charge in [-0.15, -0.1) is 24.8 Å². The van der Waals surface area contributed by atoms with Crippen LogP contribution in [0.5, 0.6) is 0 Å². The number of nitrogens with one attached hydrogen (secondary N) is 1. The molecular formula is C17H16Cl2N4S. The Balaban J connectivity index is 0.00000104. The Bertz CT molecular complexity index is 872. The summed E-state index contributed by atoms with van der Waals surface area (Å²) in [5.74, 6) is 1.73. The summed E-state index contributed by atoms with van der Waals surface area (Å²) >= 11 is 1.67. The Labute approximate surface area is 156 Å². The average Bonchev–Trinajstić information content (AvgIpc) is 3.20. The number of hydrogen-bond donors (Lipinski definition) is 1. The van der Waals surface area contributed by atoms with E-state index < -0.39 is 0 Å². The van der Waals surface area contributed by atoms with E-state index in [0.717, 1.165) is 33.5 Å². The zero-order chi connectivity index (χ0) is 14.8. The summed E-state index contributed by atoms with van der Waals surface area (Å²) in [6, 6.07) is 18.3. The number of aromatic nitrogens is 4. The normalized spacial score (nSPS) is 10.2. The predicted octanol–water partition coefficient (Wildman–Crippen LogP) is 4.88. The number of aromatic amines is 1. The van der Waals surface area contributed by atoms with Gasteiger partial charge in [-0.25, -0.2) is 9.97 Å². The first-order valence-corrected chi connectivity index (χ1v) is 8.04. The number of imidazole rings is 2. The maximum absolute atomic E-state index is 4.60. The van der Waals surface area contributed by atoms with E-state index in [1.807, 2.05) is 54.9 Å². The Morgan fingerprint density at radius 2 is 1.71 bits per heavy atom. The molecule has 7 heteroatoms. The van der Waals surface area contributed by atoms with Crippen LogP contribution in [0.15, 0.2) is 72.1 Å². The van der Waals surface area contributed by atoms with Crippen molar-refractivity contribution in [2.75, 3.05) is 0 Å². The SMILES string of the molecule is Cl.Cl.c1ccc(-n2ccnc2SCc2nc3ccccc3[nH]2)cc1. The van der Waals surface area contributed by atoms with E-state index in [1.165, 1.54) is 0 Å². The van der Waals surface area contributed by atoms with Crippen LogP contribution in [-0.2, 0) is 5.75 Å². The van der Waals surface area contributed by atoms with Crippen molar-refractivity contribution in [1.82, 2.24) is 19.5 Å². The fourth-order valence-corrected chi connectivity index (χ4v) is 3.23. The van der Waals surface area contributed by atoms with E-state index >= 15 is 0 Å². The van der Waals surface area contributed by atoms with Crippen LogP contribution in [0.2, 0.25) is 0 Å². The molecule has 2 aromatic heterocycles. The lowest BCUT2D eigenvalue weighted by Gasteiger charge is -2.06. The molecule has 4 nitrogen and oxygen atoms in total. The summed E-state index contributed by atoms with van der Waals surface area (Å²) in [7, 11) is 0. The van der Waals surface area contributed by atoms with Crippen LogP contribution in [-0.4, -0.2) is 19.5 Å². The number of nitrogens with zero attached hydrogens (tertiary/aromatic N) is 3. The van der Waals surface area contributed by atoms with Crippen LogP contribution in [0.1, 0.15) is 5.82 Å². The molecule has 0 amide bonds. The zero-order valence-electron chi connectivity index (χ0n) is 12.6. The van der Waals surface area contributed by atoms with Crippen molar-refractivity contribution in [3.63, 3.8) is 0 Å². The number of para-hydroxylation sites is 3. The van der Waals surface area contributed by atoms with Gasteiger partial charge in [0.2, 0.25) is 0 Å². The fraction of sp³-hybridized carbons (Fsp3) is 0.0588. The third kappa shape index (κ3) is 3.75. The van der Waals surface area contributed by atoms with Gasteiger partial charge in [-0.2, -0.15) is 0 Å². The molecule has 0 aliphatic heterocycles. The largest absolute Gasteiger partial charge is 0.341 e. The summed E-state index contributed by atoms with van der Waals surface area (Å²) < 4.78 is 2.09. The molecule has 0 radical (unpaired) electrons. The summed E-state index contributed by atoms with van der Waals surface area (Å²) in [4.78, 5) is 12.4. The zero-order valence-corrected chi connectivity index (χ0v) is 15.1. The van der Waals surface area contributed by atoms with Crippen molar-refractivity contribution in [1.29, 1.82) is 0 Å². The van der Waals surface area contributed by atoms with Gasteiger partial charge < -0.3 is 4.98 Å². The van der Waals surface area contributed by atoms with Gasteiger partial charge in [-0.3, -0.25) is 4.57 Å². The molecule has 0 aliphatic carbocycles. The maximum Gasteiger partial charge on any atom is 0.173 e. The second-order valence-electron chi connectivity index (χ2n) is 4.90. The van der Waals surface area contributed by atoms with Gasteiger partial charge in [0.05, 0.1) is 16.8 Å². The van der Waals surface area contributed by atoms with Crippen LogP contribution < -0.4 is 0 Å². The molecule has 124 valence electrons. The topological polar surface area (TPSA) is 46.5 Å². The number of fused-ring (bicyclic) bond motifs is 1. The highest BCUT2D eigenvalue weighted by atomic mass is 35.5. The van der Waals surface area contributed by atoms with Gasteiger partial charge in [-0.1, -0.05) is 42.1 Å². The van der Waals surface area contributed by atoms with Crippen molar-refractivity contribution < 1.29 is 0 Å². The summed E-state index contributed by atoms with van der Waals surface area (Å²) in [5.41, 5.74) is 3.20. The second kappa shape index (κ2) is 8.24. The van der Waals surface area contributed by atoms with E-state index in [-0.39, 0.29) is 24.8 Å². The third-order valence-corrected chi connectivity index (χ3v) is 4.40. The molecule has 0 unspecified atom stereocenters. The molecule has 1 N–H and O–H groups in total. The Kier molecular flexibility index (Phi) is 6.31. The minimum atomic E-state index is 0. The molecule has 4 rings (SSSR count). The van der Waals surface area contributed by atoms with E-state index in [1.54, 1.807) is 11.8 Å². The minimum absolute atomic E-state index is 0. The van der Waals surface area contributed by atoms with Crippen LogP contribution in [0, 0.1) is 0 Å². The molecule has 2 aromatic carbocycles. The highest BCUT2D eigenvalue weighted by Gasteiger charge is 2.08. The second-order valence-corrected chi connectivity index (χ2v) is 5.85. The van der Waals surface area contributed by atoms with Crippen molar-refractivity contribution in [3.8, 4) is 5.69 Å². The number of rotatable bonds is 4. The first kappa shape index (κ1) is 18.4. The Morgan fingerprint density at radius 3 is 2.50 bits per heavy atom. The smallest absolute Gasteiger partial charge is 0.173 e. The van der Waals surface area contributed by atoms with Crippen LogP contribution in [0.3, 0.4) is 0 Å². The molecule has 0 spiro atoms. The Morgan fingerprint density at radius 1 is 0.958 bits per heavy atom. The number of H-pyrrole nitrogens is 1. The average molecular weight is 379 g/mol. The standard InChI is InChI=1S/C17H14N4S.2ClH/c1-2-6-13(7-3-1)21-11-10-18-17(21)22-12-16-19-14-8-4-5-9-15(14)20-16;;/h1-11H,12H2,(H,19,20);2*1H. The van der Waals surface area contributed by atoms with Crippen molar-refractivity contribution in [3.05, 3.63) is 72.8 Å². The number of hydrogen-bond acceptors (Lipinski definition) is 3. The highest BCUT2D eigenvalue weighted by Crippen LogP contribution is 2.24. The predicted molar refractivity (Wildman–Crippen MR) is 104 cm³/mol. The van der Waals surface area contributed by atoms with E-state index in [9.17, 15) is 0 Å². The fourth-order valence-electron chi connectivity index (χ4n) is 2.39.